The van der Waals surface area contributed by atoms with Crippen LogP contribution in [0.25, 0.3) is 0 Å². The second-order valence-corrected chi connectivity index (χ2v) is 6.23. The van der Waals surface area contributed by atoms with E-state index in [-0.39, 0.29) is 6.10 Å². The van der Waals surface area contributed by atoms with Gasteiger partial charge < -0.3 is 19.5 Å². The molecule has 1 saturated carbocycles. The Kier molecular flexibility index (Phi) is 6.30. The van der Waals surface area contributed by atoms with Gasteiger partial charge in [-0.05, 0) is 37.8 Å². The fourth-order valence-electron chi connectivity index (χ4n) is 2.96. The van der Waals surface area contributed by atoms with E-state index in [4.69, 9.17) is 14.2 Å². The van der Waals surface area contributed by atoms with Crippen LogP contribution in [-0.4, -0.2) is 30.8 Å². The van der Waals surface area contributed by atoms with Crippen LogP contribution < -0.4 is 19.5 Å². The van der Waals surface area contributed by atoms with Crippen molar-refractivity contribution in [3.05, 3.63) is 48.3 Å². The zero-order valence-corrected chi connectivity index (χ0v) is 14.9. The molecule has 0 spiro atoms. The minimum absolute atomic E-state index is 0.248. The average Bonchev–Trinajstić information content (AvgIpc) is 3.16. The van der Waals surface area contributed by atoms with Crippen molar-refractivity contribution >= 4 is 6.09 Å². The third-order valence-corrected chi connectivity index (χ3v) is 4.31. The van der Waals surface area contributed by atoms with E-state index >= 15 is 0 Å². The SMILES string of the molecule is COc1cnc(CCNC(=O)Oc2ccccc2)cc1OC1CCCC1. The van der Waals surface area contributed by atoms with E-state index in [1.807, 2.05) is 24.3 Å². The molecule has 0 bridgehead atoms. The van der Waals surface area contributed by atoms with E-state index in [1.54, 1.807) is 25.4 Å². The number of para-hydroxylation sites is 1. The largest absolute Gasteiger partial charge is 0.491 e. The molecule has 138 valence electrons. The summed E-state index contributed by atoms with van der Waals surface area (Å²) in [5.41, 5.74) is 0.832. The van der Waals surface area contributed by atoms with Crippen LogP contribution in [0.3, 0.4) is 0 Å². The second-order valence-electron chi connectivity index (χ2n) is 6.23. The molecule has 2 aromatic rings. The molecule has 1 aliphatic rings. The predicted molar refractivity (Wildman–Crippen MR) is 97.8 cm³/mol. The molecule has 0 saturated heterocycles. The van der Waals surface area contributed by atoms with E-state index < -0.39 is 6.09 Å². The number of carbonyl (C=O) groups excluding carboxylic acids is 1. The normalized spacial score (nSPS) is 14.0. The smallest absolute Gasteiger partial charge is 0.412 e. The molecule has 26 heavy (non-hydrogen) atoms. The molecule has 3 rings (SSSR count). The Hall–Kier alpha value is -2.76. The fraction of sp³-hybridized carbons (Fsp3) is 0.400. The molecule has 1 fully saturated rings. The summed E-state index contributed by atoms with van der Waals surface area (Å²) in [6.07, 6.45) is 6.58. The summed E-state index contributed by atoms with van der Waals surface area (Å²) in [5.74, 6) is 1.87. The van der Waals surface area contributed by atoms with Crippen molar-refractivity contribution in [2.24, 2.45) is 0 Å². The topological polar surface area (TPSA) is 69.7 Å². The van der Waals surface area contributed by atoms with Crippen molar-refractivity contribution in [3.8, 4) is 17.2 Å². The molecule has 1 heterocycles. The Morgan fingerprint density at radius 2 is 1.96 bits per heavy atom. The average molecular weight is 356 g/mol. The summed E-state index contributed by atoms with van der Waals surface area (Å²) in [7, 11) is 1.61. The number of amides is 1. The first-order valence-electron chi connectivity index (χ1n) is 8.95. The van der Waals surface area contributed by atoms with E-state index in [9.17, 15) is 4.79 Å². The molecule has 0 aliphatic heterocycles. The van der Waals surface area contributed by atoms with Gasteiger partial charge in [-0.2, -0.15) is 0 Å². The zero-order chi connectivity index (χ0) is 18.2. The lowest BCUT2D eigenvalue weighted by Crippen LogP contribution is -2.28. The van der Waals surface area contributed by atoms with E-state index in [0.29, 0.717) is 24.5 Å². The predicted octanol–water partition coefficient (Wildman–Crippen LogP) is 3.74. The van der Waals surface area contributed by atoms with Crippen molar-refractivity contribution in [2.75, 3.05) is 13.7 Å². The van der Waals surface area contributed by atoms with Crippen molar-refractivity contribution < 1.29 is 19.0 Å². The third-order valence-electron chi connectivity index (χ3n) is 4.31. The molecule has 1 amide bonds. The number of hydrogen-bond acceptors (Lipinski definition) is 5. The monoisotopic (exact) mass is 356 g/mol. The minimum Gasteiger partial charge on any atom is -0.491 e. The van der Waals surface area contributed by atoms with E-state index in [0.717, 1.165) is 24.3 Å². The molecule has 0 radical (unpaired) electrons. The lowest BCUT2D eigenvalue weighted by Gasteiger charge is -2.16. The highest BCUT2D eigenvalue weighted by atomic mass is 16.6. The number of nitrogens with zero attached hydrogens (tertiary/aromatic N) is 1. The zero-order valence-electron chi connectivity index (χ0n) is 14.9. The first kappa shape index (κ1) is 18.0. The van der Waals surface area contributed by atoms with E-state index in [1.165, 1.54) is 12.8 Å². The Morgan fingerprint density at radius 1 is 1.19 bits per heavy atom. The molecule has 6 heteroatoms. The first-order chi connectivity index (χ1) is 12.7. The number of carbonyl (C=O) groups is 1. The number of nitrogens with one attached hydrogen (secondary N) is 1. The van der Waals surface area contributed by atoms with Gasteiger partial charge in [0.15, 0.2) is 11.5 Å². The van der Waals surface area contributed by atoms with Gasteiger partial charge in [0.2, 0.25) is 0 Å². The van der Waals surface area contributed by atoms with Crippen LogP contribution >= 0.6 is 0 Å². The second kappa shape index (κ2) is 9.08. The molecule has 1 aliphatic carbocycles. The Bertz CT molecular complexity index is 715. The van der Waals surface area contributed by atoms with Crippen LogP contribution in [0.2, 0.25) is 0 Å². The van der Waals surface area contributed by atoms with Crippen LogP contribution in [-0.2, 0) is 6.42 Å². The summed E-state index contributed by atoms with van der Waals surface area (Å²) >= 11 is 0. The summed E-state index contributed by atoms with van der Waals surface area (Å²) in [6, 6.07) is 10.9. The molecule has 0 atom stereocenters. The number of aromatic nitrogens is 1. The van der Waals surface area contributed by atoms with Crippen LogP contribution in [0.1, 0.15) is 31.4 Å². The summed E-state index contributed by atoms with van der Waals surface area (Å²) in [6.45, 7) is 0.424. The highest BCUT2D eigenvalue weighted by Crippen LogP contribution is 2.31. The maximum atomic E-state index is 11.8. The third kappa shape index (κ3) is 5.12. The van der Waals surface area contributed by atoms with Gasteiger partial charge in [0.1, 0.15) is 5.75 Å². The molecule has 6 nitrogen and oxygen atoms in total. The van der Waals surface area contributed by atoms with Gasteiger partial charge in [-0.25, -0.2) is 4.79 Å². The van der Waals surface area contributed by atoms with Crippen molar-refractivity contribution in [1.29, 1.82) is 0 Å². The Morgan fingerprint density at radius 3 is 2.69 bits per heavy atom. The van der Waals surface area contributed by atoms with Crippen LogP contribution in [0.15, 0.2) is 42.6 Å². The van der Waals surface area contributed by atoms with Gasteiger partial charge >= 0.3 is 6.09 Å². The van der Waals surface area contributed by atoms with Crippen molar-refractivity contribution in [3.63, 3.8) is 0 Å². The van der Waals surface area contributed by atoms with Gasteiger partial charge in [-0.15, -0.1) is 0 Å². The lowest BCUT2D eigenvalue weighted by molar-refractivity contribution is 0.200. The number of benzene rings is 1. The van der Waals surface area contributed by atoms with Gasteiger partial charge in [-0.3, -0.25) is 4.98 Å². The van der Waals surface area contributed by atoms with Crippen LogP contribution in [0, 0.1) is 0 Å². The number of pyridine rings is 1. The van der Waals surface area contributed by atoms with Crippen molar-refractivity contribution in [1.82, 2.24) is 10.3 Å². The first-order valence-corrected chi connectivity index (χ1v) is 8.95. The fourth-order valence-corrected chi connectivity index (χ4v) is 2.96. The summed E-state index contributed by atoms with van der Waals surface area (Å²) in [5, 5.41) is 2.73. The molecule has 1 N–H and O–H groups in total. The van der Waals surface area contributed by atoms with Gasteiger partial charge in [0, 0.05) is 24.7 Å². The molecular weight excluding hydrogens is 332 g/mol. The molecule has 0 unspecified atom stereocenters. The van der Waals surface area contributed by atoms with Gasteiger partial charge in [-0.1, -0.05) is 18.2 Å². The Balaban J connectivity index is 1.51. The number of rotatable bonds is 7. The lowest BCUT2D eigenvalue weighted by atomic mass is 10.2. The number of hydrogen-bond donors (Lipinski definition) is 1. The van der Waals surface area contributed by atoms with Gasteiger partial charge in [0.25, 0.3) is 0 Å². The highest BCUT2D eigenvalue weighted by molar-refractivity contribution is 5.70. The molecule has 1 aromatic heterocycles. The quantitative estimate of drug-likeness (QED) is 0.818. The summed E-state index contributed by atoms with van der Waals surface area (Å²) < 4.78 is 16.6. The maximum absolute atomic E-state index is 11.8. The van der Waals surface area contributed by atoms with E-state index in [2.05, 4.69) is 10.3 Å². The summed E-state index contributed by atoms with van der Waals surface area (Å²) in [4.78, 5) is 16.2. The molecular formula is C20H24N2O4. The number of methoxy groups -OCH3 is 1. The van der Waals surface area contributed by atoms with Crippen LogP contribution in [0.5, 0.6) is 17.2 Å². The number of ether oxygens (including phenoxy) is 3. The maximum Gasteiger partial charge on any atom is 0.412 e. The Labute approximate surface area is 153 Å². The standard InChI is InChI=1S/C20H24N2O4/c1-24-19-14-22-15(13-18(19)25-16-9-5-6-10-16)11-12-21-20(23)26-17-7-3-2-4-8-17/h2-4,7-8,13-14,16H,5-6,9-12H2,1H3,(H,21,23). The van der Waals surface area contributed by atoms with Gasteiger partial charge in [0.05, 0.1) is 19.4 Å². The highest BCUT2D eigenvalue weighted by Gasteiger charge is 2.19. The minimum atomic E-state index is -0.479. The molecule has 1 aromatic carbocycles. The van der Waals surface area contributed by atoms with Crippen LogP contribution in [0.4, 0.5) is 4.79 Å². The van der Waals surface area contributed by atoms with Crippen molar-refractivity contribution in [2.45, 2.75) is 38.2 Å².